The first-order chi connectivity index (χ1) is 13.7. The van der Waals surface area contributed by atoms with Crippen LogP contribution in [-0.4, -0.2) is 45.0 Å². The Morgan fingerprint density at radius 1 is 1.28 bits per heavy atom. The van der Waals surface area contributed by atoms with Gasteiger partial charge in [0.15, 0.2) is 5.54 Å². The number of benzene rings is 1. The molecule has 0 aliphatic rings. The van der Waals surface area contributed by atoms with Gasteiger partial charge in [0.25, 0.3) is 5.91 Å². The third-order valence-electron chi connectivity index (χ3n) is 5.36. The fraction of sp³-hybridized carbons (Fsp3) is 0.381. The minimum atomic E-state index is -1.21. The van der Waals surface area contributed by atoms with Gasteiger partial charge >= 0.3 is 5.97 Å². The largest absolute Gasteiger partial charge is 0.479 e. The van der Waals surface area contributed by atoms with E-state index in [-0.39, 0.29) is 5.91 Å². The van der Waals surface area contributed by atoms with Crippen LogP contribution in [0.5, 0.6) is 0 Å². The molecule has 0 atom stereocenters. The number of anilines is 1. The smallest absolute Gasteiger partial charge is 0.331 e. The molecule has 0 unspecified atom stereocenters. The summed E-state index contributed by atoms with van der Waals surface area (Å²) in [5, 5.41) is 17.2. The van der Waals surface area contributed by atoms with Crippen molar-refractivity contribution in [3.8, 4) is 0 Å². The average Bonchev–Trinajstić information content (AvgIpc) is 3.24. The molecule has 0 aliphatic carbocycles. The maximum atomic E-state index is 12.7. The molecule has 1 amide bonds. The molecule has 2 aromatic heterocycles. The Bertz CT molecular complexity index is 1080. The molecule has 0 saturated heterocycles. The van der Waals surface area contributed by atoms with Gasteiger partial charge in [-0.15, -0.1) is 0 Å². The van der Waals surface area contributed by atoms with Gasteiger partial charge in [0.05, 0.1) is 18.5 Å². The van der Waals surface area contributed by atoms with Gasteiger partial charge < -0.3 is 19.7 Å². The zero-order valence-electron chi connectivity index (χ0n) is 17.3. The third-order valence-corrected chi connectivity index (χ3v) is 5.36. The zero-order chi connectivity index (χ0) is 21.3. The van der Waals surface area contributed by atoms with Gasteiger partial charge in [-0.1, -0.05) is 0 Å². The number of aromatic nitrogens is 3. The molecule has 0 bridgehead atoms. The molecular weight excluding hydrogens is 372 g/mol. The van der Waals surface area contributed by atoms with Crippen molar-refractivity contribution in [3.63, 3.8) is 0 Å². The lowest BCUT2D eigenvalue weighted by atomic mass is 10.1. The van der Waals surface area contributed by atoms with Crippen LogP contribution in [0.15, 0.2) is 30.6 Å². The van der Waals surface area contributed by atoms with E-state index in [0.717, 1.165) is 28.7 Å². The van der Waals surface area contributed by atoms with Crippen molar-refractivity contribution in [2.24, 2.45) is 0 Å². The number of rotatable bonds is 7. The first-order valence-corrected chi connectivity index (χ1v) is 9.35. The molecule has 8 nitrogen and oxygen atoms in total. The van der Waals surface area contributed by atoms with Crippen LogP contribution in [0.2, 0.25) is 0 Å². The lowest BCUT2D eigenvalue weighted by Gasteiger charge is -2.19. The van der Waals surface area contributed by atoms with Crippen molar-refractivity contribution in [3.05, 3.63) is 47.4 Å². The predicted molar refractivity (Wildman–Crippen MR) is 110 cm³/mol. The van der Waals surface area contributed by atoms with Crippen molar-refractivity contribution in [1.82, 2.24) is 14.3 Å². The number of aliphatic carboxylic acids is 1. The molecule has 1 aromatic carbocycles. The minimum Gasteiger partial charge on any atom is -0.479 e. The number of nitrogens with zero attached hydrogens (tertiary/aromatic N) is 3. The maximum Gasteiger partial charge on any atom is 0.331 e. The van der Waals surface area contributed by atoms with E-state index in [1.165, 1.54) is 17.1 Å². The fourth-order valence-electron chi connectivity index (χ4n) is 3.26. The van der Waals surface area contributed by atoms with Gasteiger partial charge in [-0.3, -0.25) is 9.48 Å². The number of ether oxygens (including phenoxy) is 1. The summed E-state index contributed by atoms with van der Waals surface area (Å²) in [5.74, 6) is -1.28. The SMILES string of the molecule is COCCn1c(C)c(C)c2cc(C(=O)Nc3cnn(C(C)(C)C(=O)O)c3)ccc21. The fourth-order valence-corrected chi connectivity index (χ4v) is 3.26. The quantitative estimate of drug-likeness (QED) is 0.637. The van der Waals surface area contributed by atoms with Crippen molar-refractivity contribution in [2.45, 2.75) is 39.8 Å². The van der Waals surface area contributed by atoms with Crippen LogP contribution in [0.4, 0.5) is 5.69 Å². The Labute approximate surface area is 169 Å². The Balaban J connectivity index is 1.86. The van der Waals surface area contributed by atoms with Crippen LogP contribution < -0.4 is 5.32 Å². The molecule has 3 rings (SSSR count). The lowest BCUT2D eigenvalue weighted by molar-refractivity contribution is -0.146. The predicted octanol–water partition coefficient (Wildman–Crippen LogP) is 3.17. The number of nitrogens with one attached hydrogen (secondary N) is 1. The molecule has 2 heterocycles. The molecule has 8 heteroatoms. The summed E-state index contributed by atoms with van der Waals surface area (Å²) in [6.45, 7) is 8.55. The highest BCUT2D eigenvalue weighted by molar-refractivity contribution is 6.06. The summed E-state index contributed by atoms with van der Waals surface area (Å²) in [6.07, 6.45) is 2.96. The summed E-state index contributed by atoms with van der Waals surface area (Å²) < 4.78 is 8.70. The van der Waals surface area contributed by atoms with Crippen LogP contribution in [-0.2, 0) is 21.6 Å². The summed E-state index contributed by atoms with van der Waals surface area (Å²) in [4.78, 5) is 24.1. The van der Waals surface area contributed by atoms with Gasteiger partial charge in [-0.25, -0.2) is 4.79 Å². The van der Waals surface area contributed by atoms with E-state index >= 15 is 0 Å². The first-order valence-electron chi connectivity index (χ1n) is 9.35. The molecular formula is C21H26N4O4. The standard InChI is InChI=1S/C21H26N4O4/c1-13-14(2)24(8-9-29-5)18-7-6-15(10-17(13)18)19(26)23-16-11-22-25(12-16)21(3,4)20(27)28/h6-7,10-12H,8-9H2,1-5H3,(H,23,26)(H,27,28). The van der Waals surface area contributed by atoms with Crippen LogP contribution in [0.25, 0.3) is 10.9 Å². The van der Waals surface area contributed by atoms with Crippen molar-refractivity contribution in [1.29, 1.82) is 0 Å². The number of carbonyl (C=O) groups excluding carboxylic acids is 1. The molecule has 3 aromatic rings. The normalized spacial score (nSPS) is 11.8. The van der Waals surface area contributed by atoms with E-state index in [0.29, 0.717) is 17.9 Å². The molecule has 154 valence electrons. The number of methoxy groups -OCH3 is 1. The van der Waals surface area contributed by atoms with E-state index in [1.807, 2.05) is 19.1 Å². The topological polar surface area (TPSA) is 98.4 Å². The van der Waals surface area contributed by atoms with E-state index in [4.69, 9.17) is 4.74 Å². The Hall–Kier alpha value is -3.13. The molecule has 0 fully saturated rings. The Kier molecular flexibility index (Phi) is 5.48. The molecule has 0 aliphatic heterocycles. The molecule has 0 radical (unpaired) electrons. The van der Waals surface area contributed by atoms with E-state index in [2.05, 4.69) is 21.9 Å². The minimum absolute atomic E-state index is 0.277. The van der Waals surface area contributed by atoms with Crippen LogP contribution in [0.1, 0.15) is 35.5 Å². The number of carboxylic acid groups (broad SMARTS) is 1. The Morgan fingerprint density at radius 3 is 2.66 bits per heavy atom. The monoisotopic (exact) mass is 398 g/mol. The van der Waals surface area contributed by atoms with Crippen molar-refractivity contribution < 1.29 is 19.4 Å². The number of hydrogen-bond donors (Lipinski definition) is 2. The summed E-state index contributed by atoms with van der Waals surface area (Å²) in [5.41, 5.74) is 3.09. The first kappa shape index (κ1) is 20.6. The second kappa shape index (κ2) is 7.71. The summed E-state index contributed by atoms with van der Waals surface area (Å²) in [6, 6.07) is 5.60. The third kappa shape index (κ3) is 3.75. The van der Waals surface area contributed by atoms with Crippen molar-refractivity contribution >= 4 is 28.5 Å². The average molecular weight is 398 g/mol. The van der Waals surface area contributed by atoms with E-state index in [1.54, 1.807) is 27.0 Å². The number of amides is 1. The highest BCUT2D eigenvalue weighted by Crippen LogP contribution is 2.27. The number of carbonyl (C=O) groups is 2. The second-order valence-electron chi connectivity index (χ2n) is 7.58. The highest BCUT2D eigenvalue weighted by atomic mass is 16.5. The maximum absolute atomic E-state index is 12.7. The van der Waals surface area contributed by atoms with E-state index < -0.39 is 11.5 Å². The molecule has 2 N–H and O–H groups in total. The van der Waals surface area contributed by atoms with Crippen LogP contribution in [0.3, 0.4) is 0 Å². The van der Waals surface area contributed by atoms with Gasteiger partial charge in [-0.05, 0) is 51.5 Å². The molecule has 29 heavy (non-hydrogen) atoms. The summed E-state index contributed by atoms with van der Waals surface area (Å²) in [7, 11) is 1.68. The molecule has 0 saturated carbocycles. The lowest BCUT2D eigenvalue weighted by Crippen LogP contribution is -2.35. The van der Waals surface area contributed by atoms with Crippen molar-refractivity contribution in [2.75, 3.05) is 19.0 Å². The van der Waals surface area contributed by atoms with E-state index in [9.17, 15) is 14.7 Å². The van der Waals surface area contributed by atoms with Crippen LogP contribution >= 0.6 is 0 Å². The molecule has 0 spiro atoms. The number of carboxylic acids is 1. The number of hydrogen-bond acceptors (Lipinski definition) is 4. The second-order valence-corrected chi connectivity index (χ2v) is 7.58. The van der Waals surface area contributed by atoms with Gasteiger partial charge in [0.2, 0.25) is 0 Å². The van der Waals surface area contributed by atoms with Gasteiger partial charge in [0.1, 0.15) is 0 Å². The number of fused-ring (bicyclic) bond motifs is 1. The van der Waals surface area contributed by atoms with Gasteiger partial charge in [-0.2, -0.15) is 5.10 Å². The zero-order valence-corrected chi connectivity index (χ0v) is 17.3. The highest BCUT2D eigenvalue weighted by Gasteiger charge is 2.30. The van der Waals surface area contributed by atoms with Crippen LogP contribution in [0, 0.1) is 13.8 Å². The number of aryl methyl sites for hydroxylation is 1. The Morgan fingerprint density at radius 2 is 2.00 bits per heavy atom. The van der Waals surface area contributed by atoms with Gasteiger partial charge in [0, 0.05) is 42.0 Å². The summed E-state index contributed by atoms with van der Waals surface area (Å²) >= 11 is 0.